The van der Waals surface area contributed by atoms with E-state index in [1.165, 1.54) is 0 Å². The van der Waals surface area contributed by atoms with Gasteiger partial charge in [0.25, 0.3) is 0 Å². The zero-order valence-electron chi connectivity index (χ0n) is 11.3. The average molecular weight is 226 g/mol. The number of carbonyl (C=O) groups is 1. The van der Waals surface area contributed by atoms with Crippen LogP contribution in [0.25, 0.3) is 0 Å². The quantitative estimate of drug-likeness (QED) is 0.779. The van der Waals surface area contributed by atoms with Crippen LogP contribution in [0.1, 0.15) is 47.5 Å². The fourth-order valence-corrected chi connectivity index (χ4v) is 2.16. The molecule has 1 saturated heterocycles. The lowest BCUT2D eigenvalue weighted by molar-refractivity contribution is -0.130. The van der Waals surface area contributed by atoms with E-state index < -0.39 is 0 Å². The van der Waals surface area contributed by atoms with Crippen molar-refractivity contribution < 1.29 is 4.79 Å². The number of nitrogens with one attached hydrogen (secondary N) is 1. The molecule has 0 bridgehead atoms. The third-order valence-electron chi connectivity index (χ3n) is 3.11. The zero-order chi connectivity index (χ0) is 12.3. The Balaban J connectivity index is 2.56. The van der Waals surface area contributed by atoms with Crippen LogP contribution in [-0.4, -0.2) is 29.6 Å². The summed E-state index contributed by atoms with van der Waals surface area (Å²) in [7, 11) is 0. The number of hydrogen-bond acceptors (Lipinski definition) is 2. The molecule has 1 aliphatic heterocycles. The molecule has 1 amide bonds. The molecule has 2 atom stereocenters. The predicted molar refractivity (Wildman–Crippen MR) is 67.0 cm³/mol. The largest absolute Gasteiger partial charge is 0.326 e. The van der Waals surface area contributed by atoms with Crippen LogP contribution in [0.15, 0.2) is 0 Å². The van der Waals surface area contributed by atoms with Crippen LogP contribution in [0.3, 0.4) is 0 Å². The Bertz CT molecular complexity index is 238. The summed E-state index contributed by atoms with van der Waals surface area (Å²) in [6.07, 6.45) is 2.39. The fraction of sp³-hybridized carbons (Fsp3) is 0.923. The Morgan fingerprint density at radius 1 is 1.25 bits per heavy atom. The van der Waals surface area contributed by atoms with Crippen molar-refractivity contribution in [3.63, 3.8) is 0 Å². The summed E-state index contributed by atoms with van der Waals surface area (Å²) < 4.78 is 0. The summed E-state index contributed by atoms with van der Waals surface area (Å²) in [5.41, 5.74) is 0. The lowest BCUT2D eigenvalue weighted by Gasteiger charge is -2.26. The van der Waals surface area contributed by atoms with Crippen LogP contribution in [0, 0.1) is 11.8 Å². The molecule has 1 N–H and O–H groups in total. The van der Waals surface area contributed by atoms with Gasteiger partial charge in [-0.3, -0.25) is 10.1 Å². The Hall–Kier alpha value is -0.570. The highest BCUT2D eigenvalue weighted by molar-refractivity contribution is 5.83. The van der Waals surface area contributed by atoms with E-state index >= 15 is 0 Å². The maximum Gasteiger partial charge on any atom is 0.240 e. The zero-order valence-corrected chi connectivity index (χ0v) is 11.3. The highest BCUT2D eigenvalue weighted by Crippen LogP contribution is 2.18. The molecule has 3 heteroatoms. The topological polar surface area (TPSA) is 32.3 Å². The number of rotatable bonds is 5. The molecule has 0 saturated carbocycles. The van der Waals surface area contributed by atoms with Gasteiger partial charge in [-0.15, -0.1) is 0 Å². The summed E-state index contributed by atoms with van der Waals surface area (Å²) in [5.74, 6) is 1.55. The van der Waals surface area contributed by atoms with E-state index in [1.807, 2.05) is 11.8 Å². The number of nitrogens with zero attached hydrogens (tertiary/aromatic N) is 1. The lowest BCUT2D eigenvalue weighted by Crippen LogP contribution is -2.39. The first kappa shape index (κ1) is 13.5. The van der Waals surface area contributed by atoms with Crippen LogP contribution < -0.4 is 5.32 Å². The maximum atomic E-state index is 12.0. The second-order valence-electron chi connectivity index (χ2n) is 5.75. The molecule has 1 rings (SSSR count). The lowest BCUT2D eigenvalue weighted by atomic mass is 10.1. The van der Waals surface area contributed by atoms with Crippen molar-refractivity contribution >= 4 is 5.91 Å². The first-order valence-electron chi connectivity index (χ1n) is 6.48. The molecule has 0 radical (unpaired) electrons. The molecular weight excluding hydrogens is 200 g/mol. The van der Waals surface area contributed by atoms with E-state index in [2.05, 4.69) is 33.0 Å². The molecule has 3 nitrogen and oxygen atoms in total. The van der Waals surface area contributed by atoms with Crippen LogP contribution >= 0.6 is 0 Å². The van der Waals surface area contributed by atoms with Crippen molar-refractivity contribution in [2.24, 2.45) is 11.8 Å². The van der Waals surface area contributed by atoms with Gasteiger partial charge in [-0.2, -0.15) is 0 Å². The second-order valence-corrected chi connectivity index (χ2v) is 5.75. The van der Waals surface area contributed by atoms with Crippen LogP contribution in [0.4, 0.5) is 0 Å². The monoisotopic (exact) mass is 226 g/mol. The third kappa shape index (κ3) is 3.48. The Morgan fingerprint density at radius 2 is 1.88 bits per heavy atom. The molecule has 1 aliphatic rings. The van der Waals surface area contributed by atoms with Crippen molar-refractivity contribution in [3.8, 4) is 0 Å². The van der Waals surface area contributed by atoms with E-state index in [4.69, 9.17) is 0 Å². The van der Waals surface area contributed by atoms with Crippen LogP contribution in [0.2, 0.25) is 0 Å². The van der Waals surface area contributed by atoms with E-state index in [0.717, 1.165) is 19.4 Å². The SMILES string of the molecule is CC(C)CCN1C(=O)C(C)NC1CC(C)C. The Labute approximate surface area is 99.6 Å². The number of hydrogen-bond donors (Lipinski definition) is 1. The molecule has 1 heterocycles. The molecule has 1 fully saturated rings. The molecule has 0 aromatic carbocycles. The molecule has 0 spiro atoms. The van der Waals surface area contributed by atoms with Gasteiger partial charge in [0.15, 0.2) is 0 Å². The third-order valence-corrected chi connectivity index (χ3v) is 3.11. The Morgan fingerprint density at radius 3 is 2.38 bits per heavy atom. The van der Waals surface area contributed by atoms with Gasteiger partial charge < -0.3 is 4.90 Å². The molecular formula is C13H26N2O. The van der Waals surface area contributed by atoms with Crippen LogP contribution in [-0.2, 0) is 4.79 Å². The van der Waals surface area contributed by atoms with Crippen molar-refractivity contribution in [1.82, 2.24) is 10.2 Å². The fourth-order valence-electron chi connectivity index (χ4n) is 2.16. The van der Waals surface area contributed by atoms with Gasteiger partial charge in [-0.1, -0.05) is 27.7 Å². The Kier molecular flexibility index (Phi) is 4.78. The number of amides is 1. The van der Waals surface area contributed by atoms with Gasteiger partial charge in [-0.05, 0) is 31.6 Å². The van der Waals surface area contributed by atoms with Crippen LogP contribution in [0.5, 0.6) is 0 Å². The van der Waals surface area contributed by atoms with Gasteiger partial charge in [0, 0.05) is 6.54 Å². The van der Waals surface area contributed by atoms with E-state index in [9.17, 15) is 4.79 Å². The van der Waals surface area contributed by atoms with Crippen molar-refractivity contribution in [1.29, 1.82) is 0 Å². The van der Waals surface area contributed by atoms with Crippen molar-refractivity contribution in [2.45, 2.75) is 59.7 Å². The van der Waals surface area contributed by atoms with Gasteiger partial charge in [0.1, 0.15) is 0 Å². The first-order valence-corrected chi connectivity index (χ1v) is 6.48. The molecule has 2 unspecified atom stereocenters. The minimum Gasteiger partial charge on any atom is -0.326 e. The highest BCUT2D eigenvalue weighted by atomic mass is 16.2. The molecule has 94 valence electrons. The first-order chi connectivity index (χ1) is 7.41. The summed E-state index contributed by atoms with van der Waals surface area (Å²) in [6, 6.07) is -0.00378. The van der Waals surface area contributed by atoms with Crippen molar-refractivity contribution in [3.05, 3.63) is 0 Å². The normalized spacial score (nSPS) is 26.2. The predicted octanol–water partition coefficient (Wildman–Crippen LogP) is 2.22. The molecule has 0 aromatic heterocycles. The van der Waals surface area contributed by atoms with E-state index in [0.29, 0.717) is 11.8 Å². The highest BCUT2D eigenvalue weighted by Gasteiger charge is 2.35. The summed E-state index contributed by atoms with van der Waals surface area (Å²) >= 11 is 0. The van der Waals surface area contributed by atoms with Crippen molar-refractivity contribution in [2.75, 3.05) is 6.54 Å². The van der Waals surface area contributed by atoms with Gasteiger partial charge in [0.2, 0.25) is 5.91 Å². The molecule has 16 heavy (non-hydrogen) atoms. The standard InChI is InChI=1S/C13H26N2O/c1-9(2)6-7-15-12(8-10(3)4)14-11(5)13(15)16/h9-12,14H,6-8H2,1-5H3. The number of carbonyl (C=O) groups excluding carboxylic acids is 1. The summed E-state index contributed by atoms with van der Waals surface area (Å²) in [5, 5.41) is 3.39. The average Bonchev–Trinajstić information content (AvgIpc) is 2.39. The minimum atomic E-state index is -0.00378. The minimum absolute atomic E-state index is 0.00378. The van der Waals surface area contributed by atoms with Gasteiger partial charge in [-0.25, -0.2) is 0 Å². The van der Waals surface area contributed by atoms with Gasteiger partial charge in [0.05, 0.1) is 12.2 Å². The smallest absolute Gasteiger partial charge is 0.240 e. The molecule has 0 aromatic rings. The molecule has 0 aliphatic carbocycles. The summed E-state index contributed by atoms with van der Waals surface area (Å²) in [6.45, 7) is 11.7. The maximum absolute atomic E-state index is 12.0. The second kappa shape index (κ2) is 5.67. The van der Waals surface area contributed by atoms with E-state index in [-0.39, 0.29) is 18.1 Å². The van der Waals surface area contributed by atoms with E-state index in [1.54, 1.807) is 0 Å². The summed E-state index contributed by atoms with van der Waals surface area (Å²) in [4.78, 5) is 14.0. The van der Waals surface area contributed by atoms with Gasteiger partial charge >= 0.3 is 0 Å².